The minimum absolute atomic E-state index is 0.0915. The lowest BCUT2D eigenvalue weighted by Crippen LogP contribution is -2.50. The Morgan fingerprint density at radius 1 is 1.04 bits per heavy atom. The first-order chi connectivity index (χ1) is 12.8. The Kier molecular flexibility index (Phi) is 4.68. The Bertz CT molecular complexity index is 703. The summed E-state index contributed by atoms with van der Waals surface area (Å²) in [5.41, 5.74) is 6.42. The minimum Gasteiger partial charge on any atom is -0.267 e. The SMILES string of the molecule is CC/C(=N\NC(=O)c1ccc(C(C)(C)C)cc1)C12CC3CC(CC(C3)C1)C2. The van der Waals surface area contributed by atoms with Gasteiger partial charge in [-0.3, -0.25) is 4.79 Å². The van der Waals surface area contributed by atoms with Gasteiger partial charge >= 0.3 is 0 Å². The molecule has 146 valence electrons. The summed E-state index contributed by atoms with van der Waals surface area (Å²) in [6, 6.07) is 7.94. The molecule has 0 unspecified atom stereocenters. The Morgan fingerprint density at radius 2 is 1.56 bits per heavy atom. The predicted octanol–water partition coefficient (Wildman–Crippen LogP) is 5.70. The van der Waals surface area contributed by atoms with Gasteiger partial charge in [0, 0.05) is 16.7 Å². The smallest absolute Gasteiger partial charge is 0.267 e. The van der Waals surface area contributed by atoms with Crippen molar-refractivity contribution < 1.29 is 4.79 Å². The Morgan fingerprint density at radius 3 is 2.00 bits per heavy atom. The first-order valence-corrected chi connectivity index (χ1v) is 10.8. The molecule has 0 aromatic heterocycles. The molecule has 4 aliphatic carbocycles. The number of carbonyl (C=O) groups is 1. The highest BCUT2D eigenvalue weighted by Crippen LogP contribution is 2.60. The lowest BCUT2D eigenvalue weighted by atomic mass is 9.48. The van der Waals surface area contributed by atoms with Crippen LogP contribution in [0.4, 0.5) is 0 Å². The fourth-order valence-corrected chi connectivity index (χ4v) is 6.34. The van der Waals surface area contributed by atoms with E-state index in [2.05, 4.69) is 45.3 Å². The van der Waals surface area contributed by atoms with Crippen molar-refractivity contribution in [2.45, 2.75) is 78.1 Å². The summed E-state index contributed by atoms with van der Waals surface area (Å²) >= 11 is 0. The average Bonchev–Trinajstić information content (AvgIpc) is 2.60. The maximum Gasteiger partial charge on any atom is 0.271 e. The number of nitrogens with one attached hydrogen (secondary N) is 1. The van der Waals surface area contributed by atoms with Gasteiger partial charge in [-0.2, -0.15) is 5.10 Å². The molecule has 0 spiro atoms. The van der Waals surface area contributed by atoms with Gasteiger partial charge in [-0.25, -0.2) is 5.43 Å². The van der Waals surface area contributed by atoms with Crippen LogP contribution < -0.4 is 5.43 Å². The predicted molar refractivity (Wildman–Crippen MR) is 111 cm³/mol. The van der Waals surface area contributed by atoms with Crippen LogP contribution in [0.3, 0.4) is 0 Å². The van der Waals surface area contributed by atoms with E-state index in [9.17, 15) is 4.79 Å². The van der Waals surface area contributed by atoms with Crippen LogP contribution in [0.15, 0.2) is 29.4 Å². The molecule has 1 amide bonds. The lowest BCUT2D eigenvalue weighted by Gasteiger charge is -2.57. The summed E-state index contributed by atoms with van der Waals surface area (Å²) in [4.78, 5) is 12.6. The number of amides is 1. The molecule has 0 radical (unpaired) electrons. The van der Waals surface area contributed by atoms with E-state index in [1.165, 1.54) is 49.8 Å². The molecule has 0 atom stereocenters. The van der Waals surface area contributed by atoms with Crippen LogP contribution in [-0.4, -0.2) is 11.6 Å². The average molecular weight is 367 g/mol. The standard InChI is InChI=1S/C24H34N2O/c1-5-21(24-13-16-10-17(14-24)12-18(11-16)15-24)25-26-22(27)19-6-8-20(9-7-19)23(2,3)4/h6-9,16-18H,5,10-15H2,1-4H3,(H,26,27)/b25-21+. The Hall–Kier alpha value is -1.64. The second-order valence-electron chi connectivity index (χ2n) is 10.4. The van der Waals surface area contributed by atoms with Crippen molar-refractivity contribution in [3.8, 4) is 0 Å². The summed E-state index contributed by atoms with van der Waals surface area (Å²) in [6.07, 6.45) is 9.12. The van der Waals surface area contributed by atoms with Gasteiger partial charge in [0.1, 0.15) is 0 Å². The zero-order valence-electron chi connectivity index (χ0n) is 17.3. The quantitative estimate of drug-likeness (QED) is 0.539. The molecule has 3 nitrogen and oxygen atoms in total. The lowest BCUT2D eigenvalue weighted by molar-refractivity contribution is -0.0134. The van der Waals surface area contributed by atoms with E-state index in [0.717, 1.165) is 24.2 Å². The van der Waals surface area contributed by atoms with Gasteiger partial charge in [0.25, 0.3) is 5.91 Å². The van der Waals surface area contributed by atoms with Crippen LogP contribution in [-0.2, 0) is 5.41 Å². The molecule has 1 N–H and O–H groups in total. The zero-order valence-corrected chi connectivity index (χ0v) is 17.3. The van der Waals surface area contributed by atoms with E-state index < -0.39 is 0 Å². The number of hydrazone groups is 1. The number of rotatable bonds is 4. The summed E-state index contributed by atoms with van der Waals surface area (Å²) in [5, 5.41) is 4.70. The zero-order chi connectivity index (χ0) is 19.2. The number of hydrogen-bond donors (Lipinski definition) is 1. The van der Waals surface area contributed by atoms with Crippen molar-refractivity contribution in [1.82, 2.24) is 5.43 Å². The van der Waals surface area contributed by atoms with Crippen molar-refractivity contribution in [2.75, 3.05) is 0 Å². The summed E-state index contributed by atoms with van der Waals surface area (Å²) < 4.78 is 0. The Labute approximate surface area is 164 Å². The number of benzene rings is 1. The monoisotopic (exact) mass is 366 g/mol. The molecule has 0 aliphatic heterocycles. The van der Waals surface area contributed by atoms with E-state index >= 15 is 0 Å². The molecule has 3 heteroatoms. The van der Waals surface area contributed by atoms with Crippen LogP contribution in [0.25, 0.3) is 0 Å². The van der Waals surface area contributed by atoms with E-state index in [1.807, 2.05) is 12.1 Å². The highest BCUT2D eigenvalue weighted by Gasteiger charge is 2.52. The van der Waals surface area contributed by atoms with E-state index in [0.29, 0.717) is 5.56 Å². The van der Waals surface area contributed by atoms with E-state index in [4.69, 9.17) is 5.10 Å². The molecule has 4 aliphatic rings. The molecule has 0 heterocycles. The summed E-state index contributed by atoms with van der Waals surface area (Å²) in [6.45, 7) is 8.75. The molecular formula is C24H34N2O. The molecule has 4 bridgehead atoms. The topological polar surface area (TPSA) is 41.5 Å². The van der Waals surface area contributed by atoms with Crippen molar-refractivity contribution in [3.05, 3.63) is 35.4 Å². The van der Waals surface area contributed by atoms with Gasteiger partial charge in [-0.1, -0.05) is 39.8 Å². The van der Waals surface area contributed by atoms with Crippen LogP contribution in [0.1, 0.15) is 88.6 Å². The normalized spacial score (nSPS) is 32.6. The molecule has 27 heavy (non-hydrogen) atoms. The maximum absolute atomic E-state index is 12.6. The molecule has 1 aromatic rings. The molecule has 5 rings (SSSR count). The summed E-state index contributed by atoms with van der Waals surface area (Å²) in [5.74, 6) is 2.60. The van der Waals surface area contributed by atoms with Gasteiger partial charge in [-0.15, -0.1) is 0 Å². The first kappa shape index (κ1) is 18.7. The van der Waals surface area contributed by atoms with E-state index in [-0.39, 0.29) is 16.7 Å². The van der Waals surface area contributed by atoms with Crippen molar-refractivity contribution in [2.24, 2.45) is 28.3 Å². The van der Waals surface area contributed by atoms with Crippen LogP contribution >= 0.6 is 0 Å². The molecule has 4 saturated carbocycles. The van der Waals surface area contributed by atoms with Gasteiger partial charge in [-0.05, 0) is 85.8 Å². The van der Waals surface area contributed by atoms with Gasteiger partial charge in [0.05, 0.1) is 0 Å². The van der Waals surface area contributed by atoms with Crippen LogP contribution in [0.2, 0.25) is 0 Å². The highest BCUT2D eigenvalue weighted by molar-refractivity contribution is 5.96. The summed E-state index contributed by atoms with van der Waals surface area (Å²) in [7, 11) is 0. The highest BCUT2D eigenvalue weighted by atomic mass is 16.2. The van der Waals surface area contributed by atoms with Gasteiger partial charge < -0.3 is 0 Å². The van der Waals surface area contributed by atoms with Gasteiger partial charge in [0.2, 0.25) is 0 Å². The van der Waals surface area contributed by atoms with E-state index in [1.54, 1.807) is 0 Å². The third-order valence-corrected chi connectivity index (χ3v) is 7.29. The van der Waals surface area contributed by atoms with Crippen molar-refractivity contribution >= 4 is 11.6 Å². The molecule has 0 saturated heterocycles. The second-order valence-corrected chi connectivity index (χ2v) is 10.4. The van der Waals surface area contributed by atoms with Gasteiger partial charge in [0.15, 0.2) is 0 Å². The van der Waals surface area contributed by atoms with Crippen LogP contribution in [0, 0.1) is 23.2 Å². The number of nitrogens with zero attached hydrogens (tertiary/aromatic N) is 1. The molecule has 1 aromatic carbocycles. The number of hydrogen-bond acceptors (Lipinski definition) is 2. The third-order valence-electron chi connectivity index (χ3n) is 7.29. The molecular weight excluding hydrogens is 332 g/mol. The fourth-order valence-electron chi connectivity index (χ4n) is 6.34. The van der Waals surface area contributed by atoms with Crippen molar-refractivity contribution in [3.63, 3.8) is 0 Å². The maximum atomic E-state index is 12.6. The fraction of sp³-hybridized carbons (Fsp3) is 0.667. The number of carbonyl (C=O) groups excluding carboxylic acids is 1. The molecule has 4 fully saturated rings. The minimum atomic E-state index is -0.0915. The first-order valence-electron chi connectivity index (χ1n) is 10.8. The second kappa shape index (κ2) is 6.76. The Balaban J connectivity index is 1.48. The van der Waals surface area contributed by atoms with Crippen molar-refractivity contribution in [1.29, 1.82) is 0 Å². The third kappa shape index (κ3) is 3.58. The largest absolute Gasteiger partial charge is 0.271 e. The van der Waals surface area contributed by atoms with Crippen LogP contribution in [0.5, 0.6) is 0 Å².